The van der Waals surface area contributed by atoms with E-state index in [1.54, 1.807) is 20.9 Å². The smallest absolute Gasteiger partial charge is 0.223 e. The molecule has 0 fully saturated rings. The highest BCUT2D eigenvalue weighted by molar-refractivity contribution is 7.98. The van der Waals surface area contributed by atoms with Gasteiger partial charge in [-0.05, 0) is 30.5 Å². The number of aliphatic imine (C=N–C) groups is 1. The van der Waals surface area contributed by atoms with Crippen molar-refractivity contribution in [3.05, 3.63) is 46.9 Å². The summed E-state index contributed by atoms with van der Waals surface area (Å²) in [6.45, 7) is 3.45. The first-order valence-electron chi connectivity index (χ1n) is 8.74. The van der Waals surface area contributed by atoms with E-state index in [2.05, 4.69) is 21.0 Å². The van der Waals surface area contributed by atoms with Crippen molar-refractivity contribution in [3.8, 4) is 21.8 Å². The van der Waals surface area contributed by atoms with Gasteiger partial charge < -0.3 is 10.3 Å². The molecule has 3 heterocycles. The molecule has 1 aromatic carbocycles. The van der Waals surface area contributed by atoms with Crippen molar-refractivity contribution in [2.45, 2.75) is 19.4 Å². The van der Waals surface area contributed by atoms with Gasteiger partial charge in [-0.15, -0.1) is 11.3 Å². The second kappa shape index (κ2) is 6.67. The number of nitrogens with two attached hydrogens (primary N) is 1. The molecular formula is C19H20FN5O2S2. The van der Waals surface area contributed by atoms with Crippen molar-refractivity contribution >= 4 is 32.9 Å². The van der Waals surface area contributed by atoms with Crippen LogP contribution in [0.4, 0.5) is 4.39 Å². The maximum atomic E-state index is 15.0. The van der Waals surface area contributed by atoms with Crippen LogP contribution in [0.2, 0.25) is 0 Å². The quantitative estimate of drug-likeness (QED) is 0.641. The molecule has 0 saturated carbocycles. The summed E-state index contributed by atoms with van der Waals surface area (Å²) in [6.07, 6.45) is 0. The van der Waals surface area contributed by atoms with E-state index in [-0.39, 0.29) is 11.7 Å². The van der Waals surface area contributed by atoms with Gasteiger partial charge in [-0.1, -0.05) is 23.4 Å². The lowest BCUT2D eigenvalue weighted by molar-refractivity contribution is 0.394. The van der Waals surface area contributed by atoms with Crippen molar-refractivity contribution < 1.29 is 13.1 Å². The predicted octanol–water partition coefficient (Wildman–Crippen LogP) is 3.02. The highest BCUT2D eigenvalue weighted by Gasteiger charge is 2.40. The third-order valence-corrected chi connectivity index (χ3v) is 8.41. The number of hydrogen-bond acceptors (Lipinski definition) is 7. The summed E-state index contributed by atoms with van der Waals surface area (Å²) in [4.78, 5) is 9.75. The summed E-state index contributed by atoms with van der Waals surface area (Å²) in [5.41, 5.74) is 6.46. The molecule has 2 N–H and O–H groups in total. The first-order valence-corrected chi connectivity index (χ1v) is 11.4. The molecule has 7 nitrogen and oxygen atoms in total. The lowest BCUT2D eigenvalue weighted by atomic mass is 10.0. The van der Waals surface area contributed by atoms with E-state index in [9.17, 15) is 8.60 Å². The van der Waals surface area contributed by atoms with Gasteiger partial charge in [0.2, 0.25) is 17.7 Å². The molecule has 0 bridgehead atoms. The monoisotopic (exact) mass is 433 g/mol. The van der Waals surface area contributed by atoms with Gasteiger partial charge >= 0.3 is 0 Å². The van der Waals surface area contributed by atoms with Gasteiger partial charge in [0.1, 0.15) is 11.4 Å². The van der Waals surface area contributed by atoms with Crippen LogP contribution < -0.4 is 5.73 Å². The van der Waals surface area contributed by atoms with Crippen molar-refractivity contribution in [1.29, 1.82) is 0 Å². The molecule has 0 radical (unpaired) electrons. The van der Waals surface area contributed by atoms with Crippen LogP contribution in [0.25, 0.3) is 21.8 Å². The molecule has 1 unspecified atom stereocenters. The van der Waals surface area contributed by atoms with Gasteiger partial charge in [0.15, 0.2) is 0 Å². The molecule has 0 aliphatic carbocycles. The first-order chi connectivity index (χ1) is 13.6. The van der Waals surface area contributed by atoms with Crippen molar-refractivity contribution in [2.75, 3.05) is 12.8 Å². The summed E-state index contributed by atoms with van der Waals surface area (Å²) in [5.74, 6) is 4.47. The Kier molecular flexibility index (Phi) is 4.50. The van der Waals surface area contributed by atoms with E-state index >= 15 is 0 Å². The van der Waals surface area contributed by atoms with Crippen LogP contribution in [0.15, 0.2) is 39.8 Å². The Bertz CT molecular complexity index is 1230. The number of guanidine groups is 1. The maximum absolute atomic E-state index is 15.0. The van der Waals surface area contributed by atoms with Gasteiger partial charge in [0.25, 0.3) is 0 Å². The molecular weight excluding hydrogens is 413 g/mol. The van der Waals surface area contributed by atoms with E-state index in [0.717, 1.165) is 11.1 Å². The summed E-state index contributed by atoms with van der Waals surface area (Å²) in [6, 6.07) is 8.92. The predicted molar refractivity (Wildman–Crippen MR) is 115 cm³/mol. The van der Waals surface area contributed by atoms with E-state index < -0.39 is 21.1 Å². The molecule has 3 aromatic rings. The Morgan fingerprint density at radius 3 is 2.76 bits per heavy atom. The van der Waals surface area contributed by atoms with Gasteiger partial charge in [-0.25, -0.2) is 13.6 Å². The third-order valence-electron chi connectivity index (χ3n) is 4.80. The van der Waals surface area contributed by atoms with Gasteiger partial charge in [-0.2, -0.15) is 4.98 Å². The minimum Gasteiger partial charge on any atom is -0.369 e. The van der Waals surface area contributed by atoms with Crippen molar-refractivity contribution in [1.82, 2.24) is 14.4 Å². The van der Waals surface area contributed by atoms with Gasteiger partial charge in [0, 0.05) is 24.4 Å². The number of aryl methyl sites for hydroxylation is 1. The Morgan fingerprint density at radius 1 is 1.38 bits per heavy atom. The molecule has 0 spiro atoms. The molecule has 152 valence electrons. The van der Waals surface area contributed by atoms with Crippen LogP contribution in [0.3, 0.4) is 0 Å². The number of hydrogen-bond donors (Lipinski definition) is 1. The number of halogens is 1. The Labute approximate surface area is 172 Å². The molecule has 4 rings (SSSR count). The molecule has 1 aliphatic heterocycles. The standard InChI is InChI=1S/C19H20FN5O2S2/c1-11-22-17(24-27-11)13-7-5-6-12(8-13)15-9-14(20)16(28-15)19(2)10-29(4,26)25(3)18(21)23-19/h5-9H,4,10H2,1-3H3,(H2,21,23)/t19-,29?/m0/s1. The fourth-order valence-corrected chi connectivity index (χ4v) is 6.16. The van der Waals surface area contributed by atoms with Crippen molar-refractivity contribution in [2.24, 2.45) is 10.7 Å². The summed E-state index contributed by atoms with van der Waals surface area (Å²) < 4.78 is 34.2. The zero-order valence-corrected chi connectivity index (χ0v) is 17.8. The summed E-state index contributed by atoms with van der Waals surface area (Å²) in [7, 11) is -1.11. The normalized spacial score (nSPS) is 24.6. The summed E-state index contributed by atoms with van der Waals surface area (Å²) >= 11 is 1.26. The molecule has 0 saturated heterocycles. The molecule has 2 aromatic heterocycles. The van der Waals surface area contributed by atoms with E-state index in [4.69, 9.17) is 10.3 Å². The molecule has 0 amide bonds. The average Bonchev–Trinajstić information content (AvgIpc) is 3.26. The molecule has 1 aliphatic rings. The van der Waals surface area contributed by atoms with Crippen LogP contribution in [0, 0.1) is 12.7 Å². The fraction of sp³-hybridized carbons (Fsp3) is 0.263. The lowest BCUT2D eigenvalue weighted by Gasteiger charge is -2.36. The minimum atomic E-state index is -2.69. The zero-order valence-electron chi connectivity index (χ0n) is 16.2. The topological polar surface area (TPSA) is 97.6 Å². The van der Waals surface area contributed by atoms with Crippen molar-refractivity contribution in [3.63, 3.8) is 0 Å². The number of nitrogens with zero attached hydrogens (tertiary/aromatic N) is 4. The van der Waals surface area contributed by atoms with E-state index in [0.29, 0.717) is 21.5 Å². The van der Waals surface area contributed by atoms with E-state index in [1.807, 2.05) is 24.3 Å². The van der Waals surface area contributed by atoms with Crippen LogP contribution >= 0.6 is 11.3 Å². The SMILES string of the molecule is C=S1(=O)C[C@@](C)(c2sc(-c3cccc(-c4noc(C)n4)c3)cc2F)N=C(N)N1C. The number of benzene rings is 1. The second-order valence-corrected chi connectivity index (χ2v) is 10.6. The van der Waals surface area contributed by atoms with Crippen LogP contribution in [0.1, 0.15) is 17.7 Å². The lowest BCUT2D eigenvalue weighted by Crippen LogP contribution is -2.50. The highest BCUT2D eigenvalue weighted by Crippen LogP contribution is 2.41. The third kappa shape index (κ3) is 3.42. The Hall–Kier alpha value is -2.72. The molecule has 29 heavy (non-hydrogen) atoms. The number of rotatable bonds is 3. The average molecular weight is 434 g/mol. The largest absolute Gasteiger partial charge is 0.369 e. The van der Waals surface area contributed by atoms with Gasteiger partial charge in [-0.3, -0.25) is 4.31 Å². The Balaban J connectivity index is 1.76. The highest BCUT2D eigenvalue weighted by atomic mass is 32.2. The van der Waals surface area contributed by atoms with Crippen LogP contribution in [0.5, 0.6) is 0 Å². The fourth-order valence-electron chi connectivity index (χ4n) is 3.28. The maximum Gasteiger partial charge on any atom is 0.223 e. The number of thiophene rings is 1. The Morgan fingerprint density at radius 2 is 2.10 bits per heavy atom. The van der Waals surface area contributed by atoms with Crippen LogP contribution in [-0.2, 0) is 15.2 Å². The molecule has 10 heteroatoms. The summed E-state index contributed by atoms with van der Waals surface area (Å²) in [5, 5.41) is 3.93. The second-order valence-electron chi connectivity index (χ2n) is 7.16. The van der Waals surface area contributed by atoms with Crippen LogP contribution in [-0.4, -0.2) is 43.3 Å². The zero-order chi connectivity index (χ0) is 21.0. The van der Waals surface area contributed by atoms with E-state index in [1.165, 1.54) is 21.7 Å². The van der Waals surface area contributed by atoms with Gasteiger partial charge in [0.05, 0.1) is 20.3 Å². The first kappa shape index (κ1) is 19.6. The number of aromatic nitrogens is 2. The minimum absolute atomic E-state index is 0.0796. The molecule has 2 atom stereocenters.